The van der Waals surface area contributed by atoms with Crippen molar-refractivity contribution in [1.82, 2.24) is 57.7 Å². The molecule has 2 heterocycles. The Hall–Kier alpha value is -7.86. The Kier molecular flexibility index (Phi) is 29.8. The molecule has 1 aliphatic rings. The number of nitrogens with two attached hydrogens (primary N) is 4. The molecule has 19 N–H and O–H groups in total. The van der Waals surface area contributed by atoms with Gasteiger partial charge in [-0.05, 0) is 101 Å². The largest absolute Gasteiger partial charge is 0.481 e. The number of para-hydroxylation sites is 1. The first kappa shape index (κ1) is 71.4. The zero-order chi connectivity index (χ0) is 63.7. The molecule has 1 aromatic heterocycles. The van der Waals surface area contributed by atoms with Crippen molar-refractivity contribution in [3.05, 3.63) is 36.0 Å². The summed E-state index contributed by atoms with van der Waals surface area (Å²) in [5.74, 6) is -12.4. The van der Waals surface area contributed by atoms with Gasteiger partial charge in [0.05, 0.1) is 6.42 Å². The molecule has 0 spiro atoms. The molecule has 1 fully saturated rings. The Balaban J connectivity index is 1.87. The molecule has 85 heavy (non-hydrogen) atoms. The summed E-state index contributed by atoms with van der Waals surface area (Å²) < 4.78 is 0. The van der Waals surface area contributed by atoms with E-state index in [1.807, 2.05) is 18.2 Å². The number of nitrogens with zero attached hydrogens (tertiary/aromatic N) is 1. The van der Waals surface area contributed by atoms with Crippen molar-refractivity contribution in [2.75, 3.05) is 25.4 Å². The highest BCUT2D eigenvalue weighted by atomic mass is 32.1. The molecule has 0 aliphatic carbocycles. The lowest BCUT2D eigenvalue weighted by Gasteiger charge is -2.30. The maximum atomic E-state index is 14.4. The number of likely N-dealkylation sites (tertiary alicyclic amines) is 1. The first-order valence-corrected chi connectivity index (χ1v) is 29.1. The summed E-state index contributed by atoms with van der Waals surface area (Å²) in [5, 5.41) is 33.5. The molecule has 29 nitrogen and oxygen atoms in total. The van der Waals surface area contributed by atoms with E-state index >= 15 is 0 Å². The molecule has 0 bridgehead atoms. The van der Waals surface area contributed by atoms with Crippen LogP contribution in [0.3, 0.4) is 0 Å². The molecule has 0 unspecified atom stereocenters. The maximum Gasteiger partial charge on any atom is 0.303 e. The standard InChI is InChI=1S/C55H87N15O14S/c1-28(2)44(46(59)75)69-51(80)38(24-32-26-60-34-15-8-7-14-33(32)34)66-49(78)36(17-10-12-22-57)63-48(77)35(16-9-11-21-56)64-50(79)37(19-20-43(73)74)65-53(82)41-18-13-23-70(41)55(84)39(25-42(58)72)67-47(76)30(5)61-52(81)40(27-85)68-54(83)45(29(3)4)62-31(6)71/h7-8,14-15,26,28-30,35-41,44-45,60,85H,9-13,16-25,27,56-57H2,1-6H3,(H2,58,72)(H2,59,75)(H,61,81)(H,62,71)(H,63,77)(H,64,79)(H,65,82)(H,66,78)(H,67,76)(H,68,83)(H,69,80)(H,73,74)/t30-,35-,36-,37-,38-,39-,40-,41-,44-,45-/m0/s1. The molecule has 1 aromatic carbocycles. The van der Waals surface area contributed by atoms with E-state index in [2.05, 4.69) is 65.5 Å². The number of carboxylic acids is 1. The lowest BCUT2D eigenvalue weighted by Crippen LogP contribution is -2.60. The van der Waals surface area contributed by atoms with E-state index in [1.54, 1.807) is 40.0 Å². The monoisotopic (exact) mass is 1210 g/mol. The zero-order valence-electron chi connectivity index (χ0n) is 49.1. The van der Waals surface area contributed by atoms with E-state index in [0.717, 1.165) is 15.8 Å². The van der Waals surface area contributed by atoms with Crippen LogP contribution in [0.4, 0.5) is 0 Å². The fraction of sp³-hybridized carbons (Fsp3) is 0.618. The lowest BCUT2D eigenvalue weighted by molar-refractivity contribution is -0.143. The number of primary amides is 2. The van der Waals surface area contributed by atoms with E-state index in [1.165, 1.54) is 13.8 Å². The molecule has 30 heteroatoms. The van der Waals surface area contributed by atoms with Gasteiger partial charge in [-0.3, -0.25) is 62.3 Å². The van der Waals surface area contributed by atoms with Crippen LogP contribution < -0.4 is 70.8 Å². The van der Waals surface area contributed by atoms with Crippen molar-refractivity contribution < 1.29 is 67.4 Å². The number of amides is 12. The van der Waals surface area contributed by atoms with Crippen molar-refractivity contribution in [2.45, 2.75) is 179 Å². The topological polar surface area (TPSA) is 474 Å². The van der Waals surface area contributed by atoms with Crippen molar-refractivity contribution in [1.29, 1.82) is 0 Å². The molecule has 3 rings (SSSR count). The second kappa shape index (κ2) is 35.4. The minimum absolute atomic E-state index is 0.0104. The van der Waals surface area contributed by atoms with Crippen LogP contribution in [0.15, 0.2) is 30.5 Å². The number of unbranched alkanes of at least 4 members (excludes halogenated alkanes) is 2. The zero-order valence-corrected chi connectivity index (χ0v) is 50.0. The second-order valence-corrected chi connectivity index (χ2v) is 22.1. The third kappa shape index (κ3) is 22.9. The molecule has 0 saturated carbocycles. The van der Waals surface area contributed by atoms with E-state index in [0.29, 0.717) is 24.8 Å². The predicted molar refractivity (Wildman–Crippen MR) is 315 cm³/mol. The summed E-state index contributed by atoms with van der Waals surface area (Å²) >= 11 is 4.15. The highest BCUT2D eigenvalue weighted by molar-refractivity contribution is 7.80. The van der Waals surface area contributed by atoms with E-state index in [-0.39, 0.29) is 69.8 Å². The minimum atomic E-state index is -1.68. The predicted octanol–water partition coefficient (Wildman–Crippen LogP) is -3.17. The van der Waals surface area contributed by atoms with Gasteiger partial charge in [-0.2, -0.15) is 12.6 Å². The number of aromatic amines is 1. The summed E-state index contributed by atoms with van der Waals surface area (Å²) in [4.78, 5) is 178. The molecule has 1 aliphatic heterocycles. The van der Waals surface area contributed by atoms with Crippen molar-refractivity contribution in [3.8, 4) is 0 Å². The van der Waals surface area contributed by atoms with Gasteiger partial charge in [-0.15, -0.1) is 0 Å². The molecule has 12 amide bonds. The number of carboxylic acid groups (broad SMARTS) is 1. The number of benzene rings is 1. The van der Waals surface area contributed by atoms with Crippen LogP contribution in [0.1, 0.15) is 118 Å². The fourth-order valence-corrected chi connectivity index (χ4v) is 9.74. The van der Waals surface area contributed by atoms with Crippen LogP contribution in [-0.2, 0) is 68.7 Å². The van der Waals surface area contributed by atoms with Gasteiger partial charge in [0.2, 0.25) is 70.9 Å². The summed E-state index contributed by atoms with van der Waals surface area (Å²) in [6, 6.07) is -6.18. The molecular weight excluding hydrogens is 1130 g/mol. The van der Waals surface area contributed by atoms with Gasteiger partial charge in [-0.1, -0.05) is 45.9 Å². The van der Waals surface area contributed by atoms with Gasteiger partial charge in [0.1, 0.15) is 60.4 Å². The number of H-pyrrole nitrogens is 1. The molecule has 10 atom stereocenters. The quantitative estimate of drug-likeness (QED) is 0.0234. The van der Waals surface area contributed by atoms with Gasteiger partial charge >= 0.3 is 5.97 Å². The summed E-state index contributed by atoms with van der Waals surface area (Å²) in [5.41, 5.74) is 24.1. The first-order chi connectivity index (χ1) is 40.1. The van der Waals surface area contributed by atoms with Gasteiger partial charge in [-0.25, -0.2) is 0 Å². The summed E-state index contributed by atoms with van der Waals surface area (Å²) in [6.07, 6.45) is 1.34. The van der Waals surface area contributed by atoms with E-state index in [9.17, 15) is 67.4 Å². The smallest absolute Gasteiger partial charge is 0.303 e. The lowest BCUT2D eigenvalue weighted by atomic mass is 10.00. The van der Waals surface area contributed by atoms with Gasteiger partial charge in [0.25, 0.3) is 0 Å². The Bertz CT molecular complexity index is 2690. The Labute approximate surface area is 499 Å². The Morgan fingerprint density at radius 3 is 1.66 bits per heavy atom. The molecule has 2 aromatic rings. The number of hydrogen-bond acceptors (Lipinski definition) is 16. The molecule has 472 valence electrons. The Morgan fingerprint density at radius 2 is 1.14 bits per heavy atom. The van der Waals surface area contributed by atoms with Crippen molar-refractivity contribution in [2.24, 2.45) is 34.8 Å². The highest BCUT2D eigenvalue weighted by Gasteiger charge is 2.41. The highest BCUT2D eigenvalue weighted by Crippen LogP contribution is 2.22. The number of fused-ring (bicyclic) bond motifs is 1. The summed E-state index contributed by atoms with van der Waals surface area (Å²) in [7, 11) is 0. The van der Waals surface area contributed by atoms with Gasteiger partial charge in [0, 0.05) is 49.2 Å². The van der Waals surface area contributed by atoms with Crippen LogP contribution in [-0.4, -0.2) is 178 Å². The number of rotatable bonds is 37. The number of aromatic nitrogens is 1. The van der Waals surface area contributed by atoms with Gasteiger partial charge < -0.3 is 85.8 Å². The van der Waals surface area contributed by atoms with Crippen molar-refractivity contribution in [3.63, 3.8) is 0 Å². The Morgan fingerprint density at radius 1 is 0.624 bits per heavy atom. The number of nitrogens with one attached hydrogen (secondary N) is 10. The number of aliphatic carboxylic acids is 1. The van der Waals surface area contributed by atoms with Crippen LogP contribution in [0.2, 0.25) is 0 Å². The number of carbonyl (C=O) groups excluding carboxylic acids is 12. The van der Waals surface area contributed by atoms with Crippen molar-refractivity contribution >= 4 is 100 Å². The SMILES string of the molecule is CC(=O)N[C@H](C(=O)N[C@@H](CS)C(=O)N[C@@H](C)C(=O)N[C@@H](CC(N)=O)C(=O)N1CCC[C@H]1C(=O)N[C@@H](CCC(=O)O)C(=O)N[C@@H](CCCCN)C(=O)N[C@@H](CCCCN)C(=O)N[C@@H](Cc1c[nH]c2ccccc12)C(=O)N[C@H](C(N)=O)C(C)C)C(C)C. The van der Waals surface area contributed by atoms with Crippen LogP contribution in [0.25, 0.3) is 10.9 Å². The van der Waals surface area contributed by atoms with Crippen LogP contribution in [0.5, 0.6) is 0 Å². The normalized spacial score (nSPS) is 16.2. The van der Waals surface area contributed by atoms with Crippen LogP contribution >= 0.6 is 12.6 Å². The number of thiol groups is 1. The van der Waals surface area contributed by atoms with E-state index in [4.69, 9.17) is 22.9 Å². The summed E-state index contributed by atoms with van der Waals surface area (Å²) in [6.45, 7) is 9.57. The average Bonchev–Trinajstić information content (AvgIpc) is 4.36. The average molecular weight is 1210 g/mol. The molecule has 0 radical (unpaired) electrons. The molecule has 1 saturated heterocycles. The third-order valence-corrected chi connectivity index (χ3v) is 14.5. The van der Waals surface area contributed by atoms with E-state index < -0.39 is 162 Å². The maximum absolute atomic E-state index is 14.4. The number of carbonyl (C=O) groups is 13. The van der Waals surface area contributed by atoms with Gasteiger partial charge in [0.15, 0.2) is 0 Å². The fourth-order valence-electron chi connectivity index (χ4n) is 9.48. The second-order valence-electron chi connectivity index (χ2n) is 21.8. The minimum Gasteiger partial charge on any atom is -0.481 e. The van der Waals surface area contributed by atoms with Crippen LogP contribution in [0, 0.1) is 11.8 Å². The third-order valence-electron chi connectivity index (χ3n) is 14.2. The number of hydrogen-bond donors (Lipinski definition) is 16. The first-order valence-electron chi connectivity index (χ1n) is 28.5. The molecular formula is C55H87N15O14S.